The summed E-state index contributed by atoms with van der Waals surface area (Å²) in [5.41, 5.74) is 2.65. The van der Waals surface area contributed by atoms with Gasteiger partial charge in [-0.1, -0.05) is 26.0 Å². The van der Waals surface area contributed by atoms with E-state index in [0.29, 0.717) is 5.92 Å². The summed E-state index contributed by atoms with van der Waals surface area (Å²) < 4.78 is 5.38. The highest BCUT2D eigenvalue weighted by atomic mass is 32.1. The standard InChI is InChI=1S/C14H23NOS/c1-11(2)13-10-12(4-5-14(13)16-3)6-7-15-8-9-17/h4-5,10-11,15,17H,6-9H2,1-3H3. The molecule has 17 heavy (non-hydrogen) atoms. The third kappa shape index (κ3) is 4.60. The molecule has 1 aromatic carbocycles. The average molecular weight is 253 g/mol. The quantitative estimate of drug-likeness (QED) is 0.576. The van der Waals surface area contributed by atoms with Crippen LogP contribution in [0.4, 0.5) is 0 Å². The maximum absolute atomic E-state index is 5.38. The molecule has 0 aromatic heterocycles. The van der Waals surface area contributed by atoms with Crippen LogP contribution in [0.3, 0.4) is 0 Å². The van der Waals surface area contributed by atoms with Crippen LogP contribution in [-0.4, -0.2) is 26.0 Å². The minimum absolute atomic E-state index is 0.496. The van der Waals surface area contributed by atoms with Crippen molar-refractivity contribution in [2.75, 3.05) is 26.0 Å². The summed E-state index contributed by atoms with van der Waals surface area (Å²) in [6.45, 7) is 6.36. The Morgan fingerprint density at radius 2 is 2.06 bits per heavy atom. The van der Waals surface area contributed by atoms with Crippen LogP contribution in [-0.2, 0) is 6.42 Å². The first-order chi connectivity index (χ1) is 8.19. The van der Waals surface area contributed by atoms with Gasteiger partial charge in [-0.3, -0.25) is 0 Å². The van der Waals surface area contributed by atoms with Crippen LogP contribution in [0.25, 0.3) is 0 Å². The van der Waals surface area contributed by atoms with Gasteiger partial charge in [-0.05, 0) is 36.1 Å². The zero-order valence-electron chi connectivity index (χ0n) is 11.0. The molecule has 0 aliphatic heterocycles. The second-order valence-electron chi connectivity index (χ2n) is 4.45. The minimum atomic E-state index is 0.496. The van der Waals surface area contributed by atoms with Gasteiger partial charge in [-0.15, -0.1) is 0 Å². The van der Waals surface area contributed by atoms with Crippen LogP contribution >= 0.6 is 12.6 Å². The maximum atomic E-state index is 5.38. The summed E-state index contributed by atoms with van der Waals surface area (Å²) >= 11 is 4.17. The molecule has 0 saturated heterocycles. The molecular formula is C14H23NOS. The first kappa shape index (κ1) is 14.4. The minimum Gasteiger partial charge on any atom is -0.496 e. The number of hydrogen-bond donors (Lipinski definition) is 2. The van der Waals surface area contributed by atoms with Crippen LogP contribution in [0, 0.1) is 0 Å². The predicted octanol–water partition coefficient (Wildman–Crippen LogP) is 2.88. The van der Waals surface area contributed by atoms with Crippen LogP contribution in [0.1, 0.15) is 30.9 Å². The fourth-order valence-corrected chi connectivity index (χ4v) is 1.99. The molecule has 0 spiro atoms. The van der Waals surface area contributed by atoms with E-state index in [1.54, 1.807) is 7.11 Å². The van der Waals surface area contributed by atoms with Crippen LogP contribution in [0.2, 0.25) is 0 Å². The molecule has 1 N–H and O–H groups in total. The number of ether oxygens (including phenoxy) is 1. The van der Waals surface area contributed by atoms with Gasteiger partial charge in [0.1, 0.15) is 5.75 Å². The maximum Gasteiger partial charge on any atom is 0.122 e. The van der Waals surface area contributed by atoms with Crippen LogP contribution in [0.15, 0.2) is 18.2 Å². The van der Waals surface area contributed by atoms with Crippen molar-refractivity contribution in [2.45, 2.75) is 26.2 Å². The van der Waals surface area contributed by atoms with E-state index in [1.807, 2.05) is 0 Å². The van der Waals surface area contributed by atoms with Gasteiger partial charge >= 0.3 is 0 Å². The lowest BCUT2D eigenvalue weighted by molar-refractivity contribution is 0.407. The highest BCUT2D eigenvalue weighted by molar-refractivity contribution is 7.80. The molecule has 0 unspecified atom stereocenters. The lowest BCUT2D eigenvalue weighted by Gasteiger charge is -2.13. The molecule has 1 aromatic rings. The van der Waals surface area contributed by atoms with Crippen molar-refractivity contribution in [3.63, 3.8) is 0 Å². The van der Waals surface area contributed by atoms with Crippen molar-refractivity contribution in [1.29, 1.82) is 0 Å². The predicted molar refractivity (Wildman–Crippen MR) is 77.5 cm³/mol. The molecule has 0 aliphatic rings. The number of hydrogen-bond acceptors (Lipinski definition) is 3. The Hall–Kier alpha value is -0.670. The largest absolute Gasteiger partial charge is 0.496 e. The second kappa shape index (κ2) is 7.62. The lowest BCUT2D eigenvalue weighted by atomic mass is 9.98. The van der Waals surface area contributed by atoms with Gasteiger partial charge in [0, 0.05) is 12.3 Å². The SMILES string of the molecule is COc1ccc(CCNCCS)cc1C(C)C. The Bertz CT molecular complexity index is 339. The molecule has 0 aliphatic carbocycles. The summed E-state index contributed by atoms with van der Waals surface area (Å²) in [5.74, 6) is 2.38. The average Bonchev–Trinajstić information content (AvgIpc) is 2.34. The summed E-state index contributed by atoms with van der Waals surface area (Å²) in [4.78, 5) is 0. The smallest absolute Gasteiger partial charge is 0.122 e. The molecule has 0 atom stereocenters. The molecule has 0 heterocycles. The van der Waals surface area contributed by atoms with Crippen LogP contribution in [0.5, 0.6) is 5.75 Å². The monoisotopic (exact) mass is 253 g/mol. The number of rotatable bonds is 7. The Morgan fingerprint density at radius 1 is 1.29 bits per heavy atom. The summed E-state index contributed by atoms with van der Waals surface area (Å²) in [6.07, 6.45) is 1.05. The topological polar surface area (TPSA) is 21.3 Å². The Morgan fingerprint density at radius 3 is 2.65 bits per heavy atom. The lowest BCUT2D eigenvalue weighted by Crippen LogP contribution is -2.19. The van der Waals surface area contributed by atoms with E-state index in [-0.39, 0.29) is 0 Å². The summed E-state index contributed by atoms with van der Waals surface area (Å²) in [7, 11) is 1.73. The second-order valence-corrected chi connectivity index (χ2v) is 4.90. The number of methoxy groups -OCH3 is 1. The van der Waals surface area contributed by atoms with Gasteiger partial charge in [0.2, 0.25) is 0 Å². The number of thiol groups is 1. The van der Waals surface area contributed by atoms with Crippen molar-refractivity contribution >= 4 is 12.6 Å². The summed E-state index contributed by atoms with van der Waals surface area (Å²) in [6, 6.07) is 6.47. The zero-order chi connectivity index (χ0) is 12.7. The first-order valence-corrected chi connectivity index (χ1v) is 6.80. The molecule has 1 rings (SSSR count). The molecular weight excluding hydrogens is 230 g/mol. The molecule has 2 nitrogen and oxygen atoms in total. The van der Waals surface area contributed by atoms with E-state index >= 15 is 0 Å². The van der Waals surface area contributed by atoms with Crippen molar-refractivity contribution in [3.05, 3.63) is 29.3 Å². The molecule has 0 fully saturated rings. The van der Waals surface area contributed by atoms with Gasteiger partial charge in [-0.2, -0.15) is 12.6 Å². The summed E-state index contributed by atoms with van der Waals surface area (Å²) in [5, 5.41) is 3.35. The van der Waals surface area contributed by atoms with Crippen LogP contribution < -0.4 is 10.1 Å². The van der Waals surface area contributed by atoms with E-state index in [2.05, 4.69) is 50.0 Å². The molecule has 0 amide bonds. The van der Waals surface area contributed by atoms with E-state index in [0.717, 1.165) is 31.0 Å². The highest BCUT2D eigenvalue weighted by Gasteiger charge is 2.07. The molecule has 0 saturated carbocycles. The highest BCUT2D eigenvalue weighted by Crippen LogP contribution is 2.27. The molecule has 0 bridgehead atoms. The van der Waals surface area contributed by atoms with Gasteiger partial charge in [-0.25, -0.2) is 0 Å². The van der Waals surface area contributed by atoms with Crippen molar-refractivity contribution in [2.24, 2.45) is 0 Å². The van der Waals surface area contributed by atoms with Gasteiger partial charge in [0.15, 0.2) is 0 Å². The third-order valence-corrected chi connectivity index (χ3v) is 3.02. The van der Waals surface area contributed by atoms with E-state index in [1.165, 1.54) is 11.1 Å². The van der Waals surface area contributed by atoms with Crippen molar-refractivity contribution in [3.8, 4) is 5.75 Å². The molecule has 96 valence electrons. The first-order valence-electron chi connectivity index (χ1n) is 6.17. The Labute approximate surface area is 110 Å². The molecule has 3 heteroatoms. The fraction of sp³-hybridized carbons (Fsp3) is 0.571. The van der Waals surface area contributed by atoms with Gasteiger partial charge < -0.3 is 10.1 Å². The molecule has 0 radical (unpaired) electrons. The fourth-order valence-electron chi connectivity index (χ4n) is 1.83. The Balaban J connectivity index is 2.64. The zero-order valence-corrected chi connectivity index (χ0v) is 11.9. The van der Waals surface area contributed by atoms with E-state index < -0.39 is 0 Å². The third-order valence-electron chi connectivity index (χ3n) is 2.80. The number of benzene rings is 1. The van der Waals surface area contributed by atoms with E-state index in [9.17, 15) is 0 Å². The van der Waals surface area contributed by atoms with Crippen molar-refractivity contribution < 1.29 is 4.74 Å². The Kier molecular flexibility index (Phi) is 6.45. The van der Waals surface area contributed by atoms with E-state index in [4.69, 9.17) is 4.74 Å². The number of nitrogens with one attached hydrogen (secondary N) is 1. The van der Waals surface area contributed by atoms with Crippen molar-refractivity contribution in [1.82, 2.24) is 5.32 Å². The normalized spacial score (nSPS) is 10.9. The van der Waals surface area contributed by atoms with Gasteiger partial charge in [0.25, 0.3) is 0 Å². The van der Waals surface area contributed by atoms with Gasteiger partial charge in [0.05, 0.1) is 7.11 Å².